The average Bonchev–Trinajstić information content (AvgIpc) is 3.32. The van der Waals surface area contributed by atoms with Gasteiger partial charge in [0.05, 0.1) is 36.4 Å². The standard InChI is InChI=1S/C21H26N6O3/c1-6-18(28)26-12-20(2,3)30-21(4,13-26)14-29-19-17-7-8-22-27(17)11-16(24-19)15-9-23-25(5)10-15/h6-11H,1,12-14H2,2-5H3/t21-/m0/s1. The van der Waals surface area contributed by atoms with Crippen molar-refractivity contribution >= 4 is 11.4 Å². The fourth-order valence-corrected chi connectivity index (χ4v) is 3.93. The van der Waals surface area contributed by atoms with Crippen molar-refractivity contribution in [1.29, 1.82) is 0 Å². The van der Waals surface area contributed by atoms with Crippen LogP contribution in [-0.2, 0) is 16.6 Å². The van der Waals surface area contributed by atoms with Gasteiger partial charge in [-0.1, -0.05) is 6.58 Å². The Morgan fingerprint density at radius 3 is 2.80 bits per heavy atom. The van der Waals surface area contributed by atoms with Gasteiger partial charge in [-0.05, 0) is 32.9 Å². The molecule has 0 N–H and O–H groups in total. The summed E-state index contributed by atoms with van der Waals surface area (Å²) in [5.74, 6) is 0.330. The Balaban J connectivity index is 1.61. The number of aryl methyl sites for hydroxylation is 1. The number of morpholine rings is 1. The van der Waals surface area contributed by atoms with Gasteiger partial charge in [-0.25, -0.2) is 9.50 Å². The molecule has 0 saturated carbocycles. The number of fused-ring (bicyclic) bond motifs is 1. The predicted octanol–water partition coefficient (Wildman–Crippen LogP) is 2.09. The number of amides is 1. The number of hydrogen-bond donors (Lipinski definition) is 0. The van der Waals surface area contributed by atoms with E-state index in [1.165, 1.54) is 6.08 Å². The highest BCUT2D eigenvalue weighted by molar-refractivity contribution is 5.87. The van der Waals surface area contributed by atoms with Gasteiger partial charge >= 0.3 is 0 Å². The molecule has 0 unspecified atom stereocenters. The summed E-state index contributed by atoms with van der Waals surface area (Å²) in [4.78, 5) is 18.7. The molecule has 9 nitrogen and oxygen atoms in total. The zero-order valence-corrected chi connectivity index (χ0v) is 17.7. The Kier molecular flexibility index (Phi) is 4.85. The fourth-order valence-electron chi connectivity index (χ4n) is 3.93. The van der Waals surface area contributed by atoms with Crippen LogP contribution in [0.2, 0.25) is 0 Å². The number of hydrogen-bond acceptors (Lipinski definition) is 6. The quantitative estimate of drug-likeness (QED) is 0.599. The molecule has 0 aliphatic carbocycles. The van der Waals surface area contributed by atoms with Crippen LogP contribution < -0.4 is 4.74 Å². The zero-order valence-electron chi connectivity index (χ0n) is 17.7. The number of aromatic nitrogens is 5. The summed E-state index contributed by atoms with van der Waals surface area (Å²) in [6, 6.07) is 1.84. The second-order valence-electron chi connectivity index (χ2n) is 8.49. The molecular formula is C21H26N6O3. The number of carbonyl (C=O) groups excluding carboxylic acids is 1. The number of nitrogens with zero attached hydrogens (tertiary/aromatic N) is 6. The van der Waals surface area contributed by atoms with Gasteiger partial charge in [0.15, 0.2) is 0 Å². The van der Waals surface area contributed by atoms with E-state index in [1.807, 2.05) is 46.3 Å². The van der Waals surface area contributed by atoms with Crippen molar-refractivity contribution in [1.82, 2.24) is 29.3 Å². The van der Waals surface area contributed by atoms with Crippen LogP contribution in [0, 0.1) is 0 Å². The van der Waals surface area contributed by atoms with E-state index in [0.717, 1.165) is 11.1 Å². The maximum Gasteiger partial charge on any atom is 0.246 e. The van der Waals surface area contributed by atoms with Crippen LogP contribution >= 0.6 is 0 Å². The molecule has 0 spiro atoms. The van der Waals surface area contributed by atoms with Gasteiger partial charge in [0, 0.05) is 25.4 Å². The van der Waals surface area contributed by atoms with Gasteiger partial charge in [0.25, 0.3) is 0 Å². The second kappa shape index (κ2) is 7.24. The molecule has 1 fully saturated rings. The first-order valence-electron chi connectivity index (χ1n) is 9.76. The highest BCUT2D eigenvalue weighted by atomic mass is 16.6. The lowest BCUT2D eigenvalue weighted by molar-refractivity contribution is -0.201. The van der Waals surface area contributed by atoms with E-state index in [2.05, 4.69) is 16.8 Å². The highest BCUT2D eigenvalue weighted by Crippen LogP contribution is 2.30. The maximum absolute atomic E-state index is 12.2. The van der Waals surface area contributed by atoms with Crippen molar-refractivity contribution in [3.05, 3.63) is 43.5 Å². The lowest BCUT2D eigenvalue weighted by Crippen LogP contribution is -2.61. The SMILES string of the molecule is C=CC(=O)N1CC(C)(C)O[C@](C)(COc2nc(-c3cnn(C)c3)cn3nccc23)C1. The van der Waals surface area contributed by atoms with E-state index in [9.17, 15) is 4.79 Å². The van der Waals surface area contributed by atoms with E-state index < -0.39 is 11.2 Å². The summed E-state index contributed by atoms with van der Waals surface area (Å²) in [6.45, 7) is 10.6. The van der Waals surface area contributed by atoms with Gasteiger partial charge < -0.3 is 14.4 Å². The third-order valence-corrected chi connectivity index (χ3v) is 4.98. The monoisotopic (exact) mass is 410 g/mol. The minimum absolute atomic E-state index is 0.118. The van der Waals surface area contributed by atoms with Crippen LogP contribution in [0.4, 0.5) is 0 Å². The summed E-state index contributed by atoms with van der Waals surface area (Å²) in [6.07, 6.45) is 8.49. The Morgan fingerprint density at radius 1 is 1.30 bits per heavy atom. The van der Waals surface area contributed by atoms with E-state index in [4.69, 9.17) is 14.5 Å². The molecule has 30 heavy (non-hydrogen) atoms. The molecule has 9 heteroatoms. The van der Waals surface area contributed by atoms with Gasteiger partial charge in [-0.2, -0.15) is 10.2 Å². The molecule has 158 valence electrons. The normalized spacial score (nSPS) is 21.0. The number of ether oxygens (including phenoxy) is 2. The second-order valence-corrected chi connectivity index (χ2v) is 8.49. The van der Waals surface area contributed by atoms with Crippen LogP contribution in [0.25, 0.3) is 16.8 Å². The zero-order chi connectivity index (χ0) is 21.5. The minimum atomic E-state index is -0.705. The van der Waals surface area contributed by atoms with Crippen LogP contribution in [0.15, 0.2) is 43.5 Å². The first kappa shape index (κ1) is 20.1. The van der Waals surface area contributed by atoms with Crippen molar-refractivity contribution in [3.8, 4) is 17.1 Å². The molecule has 1 atom stereocenters. The van der Waals surface area contributed by atoms with E-state index in [1.54, 1.807) is 26.5 Å². The Bertz CT molecular complexity index is 1100. The molecule has 3 aromatic heterocycles. The van der Waals surface area contributed by atoms with Crippen molar-refractivity contribution in [3.63, 3.8) is 0 Å². The Morgan fingerprint density at radius 2 is 2.10 bits per heavy atom. The molecule has 0 radical (unpaired) electrons. The highest BCUT2D eigenvalue weighted by Gasteiger charge is 2.43. The Hall–Kier alpha value is -3.20. The molecule has 1 aliphatic rings. The fraction of sp³-hybridized carbons (Fsp3) is 0.429. The maximum atomic E-state index is 12.2. The first-order chi connectivity index (χ1) is 14.2. The number of carbonyl (C=O) groups is 1. The summed E-state index contributed by atoms with van der Waals surface area (Å²) in [5.41, 5.74) is 1.10. The van der Waals surface area contributed by atoms with Crippen LogP contribution in [0.1, 0.15) is 20.8 Å². The predicted molar refractivity (Wildman–Crippen MR) is 111 cm³/mol. The summed E-state index contributed by atoms with van der Waals surface area (Å²) < 4.78 is 15.9. The molecule has 1 amide bonds. The molecule has 3 aromatic rings. The van der Waals surface area contributed by atoms with Crippen molar-refractivity contribution < 1.29 is 14.3 Å². The Labute approximate surface area is 174 Å². The molecule has 4 heterocycles. The largest absolute Gasteiger partial charge is 0.473 e. The molecule has 1 aliphatic heterocycles. The number of rotatable bonds is 5. The van der Waals surface area contributed by atoms with E-state index in [0.29, 0.717) is 24.7 Å². The average molecular weight is 410 g/mol. The molecule has 0 bridgehead atoms. The molecule has 1 saturated heterocycles. The van der Waals surface area contributed by atoms with Crippen LogP contribution in [0.5, 0.6) is 5.88 Å². The minimum Gasteiger partial charge on any atom is -0.473 e. The van der Waals surface area contributed by atoms with Crippen LogP contribution in [-0.4, -0.2) is 66.1 Å². The smallest absolute Gasteiger partial charge is 0.246 e. The summed E-state index contributed by atoms with van der Waals surface area (Å²) >= 11 is 0. The van der Waals surface area contributed by atoms with Gasteiger partial charge in [0.1, 0.15) is 17.7 Å². The van der Waals surface area contributed by atoms with Crippen LogP contribution in [0.3, 0.4) is 0 Å². The van der Waals surface area contributed by atoms with Gasteiger partial charge in [0.2, 0.25) is 11.8 Å². The summed E-state index contributed by atoms with van der Waals surface area (Å²) in [7, 11) is 1.85. The van der Waals surface area contributed by atoms with Crippen molar-refractivity contribution in [2.24, 2.45) is 7.05 Å². The van der Waals surface area contributed by atoms with E-state index in [-0.39, 0.29) is 12.5 Å². The third kappa shape index (κ3) is 3.93. The lowest BCUT2D eigenvalue weighted by atomic mass is 9.98. The topological polar surface area (TPSA) is 86.8 Å². The van der Waals surface area contributed by atoms with Crippen molar-refractivity contribution in [2.45, 2.75) is 32.0 Å². The molecular weight excluding hydrogens is 384 g/mol. The molecule has 0 aromatic carbocycles. The lowest BCUT2D eigenvalue weighted by Gasteiger charge is -2.48. The third-order valence-electron chi connectivity index (χ3n) is 4.98. The van der Waals surface area contributed by atoms with Gasteiger partial charge in [-0.3, -0.25) is 9.48 Å². The first-order valence-corrected chi connectivity index (χ1v) is 9.76. The van der Waals surface area contributed by atoms with Crippen molar-refractivity contribution in [2.75, 3.05) is 19.7 Å². The summed E-state index contributed by atoms with van der Waals surface area (Å²) in [5, 5.41) is 8.54. The molecule has 4 rings (SSSR count). The van der Waals surface area contributed by atoms with E-state index >= 15 is 0 Å². The van der Waals surface area contributed by atoms with Gasteiger partial charge in [-0.15, -0.1) is 0 Å².